The van der Waals surface area contributed by atoms with Crippen LogP contribution in [0.15, 0.2) is 18.2 Å². The summed E-state index contributed by atoms with van der Waals surface area (Å²) >= 11 is 3.18. The van der Waals surface area contributed by atoms with Crippen LogP contribution in [0.1, 0.15) is 31.2 Å². The van der Waals surface area contributed by atoms with Crippen molar-refractivity contribution in [2.75, 3.05) is 12.4 Å². The highest BCUT2D eigenvalue weighted by Crippen LogP contribution is 2.33. The van der Waals surface area contributed by atoms with E-state index in [2.05, 4.69) is 5.32 Å². The van der Waals surface area contributed by atoms with Crippen LogP contribution < -0.4 is 5.32 Å². The second-order valence-corrected chi connectivity index (χ2v) is 7.24. The lowest BCUT2D eigenvalue weighted by Crippen LogP contribution is -2.15. The molecule has 24 heavy (non-hydrogen) atoms. The molecule has 2 rings (SSSR count). The Balaban J connectivity index is 2.41. The van der Waals surface area contributed by atoms with Crippen LogP contribution in [0.4, 0.5) is 10.7 Å². The first-order valence-electron chi connectivity index (χ1n) is 6.69. The molecule has 0 fully saturated rings. The summed E-state index contributed by atoms with van der Waals surface area (Å²) in [5.41, 5.74) is 1.03. The summed E-state index contributed by atoms with van der Waals surface area (Å²) in [4.78, 5) is 35.6. The third-order valence-corrected chi connectivity index (χ3v) is 5.47. The van der Waals surface area contributed by atoms with E-state index in [1.54, 1.807) is 6.92 Å². The molecule has 0 atom stereocenters. The van der Waals surface area contributed by atoms with Crippen LogP contribution in [0.5, 0.6) is 0 Å². The van der Waals surface area contributed by atoms with E-state index in [-0.39, 0.29) is 11.3 Å². The Labute approximate surface area is 155 Å². The van der Waals surface area contributed by atoms with Gasteiger partial charge in [-0.05, 0) is 48.1 Å². The number of rotatable bonds is 4. The highest BCUT2D eigenvalue weighted by molar-refractivity contribution is 14.1. The topological polar surface area (TPSA) is 98.5 Å². The van der Waals surface area contributed by atoms with Crippen molar-refractivity contribution in [2.24, 2.45) is 0 Å². The molecule has 2 aromatic rings. The molecule has 0 unspecified atom stereocenters. The van der Waals surface area contributed by atoms with Gasteiger partial charge in [-0.1, -0.05) is 0 Å². The number of hydrogen-bond acceptors (Lipinski definition) is 6. The zero-order valence-electron chi connectivity index (χ0n) is 13.0. The van der Waals surface area contributed by atoms with Crippen LogP contribution in [-0.4, -0.2) is 23.9 Å². The molecule has 0 aliphatic heterocycles. The van der Waals surface area contributed by atoms with E-state index < -0.39 is 16.8 Å². The predicted octanol–water partition coefficient (Wildman–Crippen LogP) is 3.92. The molecule has 0 saturated heterocycles. The fourth-order valence-electron chi connectivity index (χ4n) is 2.03. The molecule has 0 bridgehead atoms. The Bertz CT molecular complexity index is 847. The van der Waals surface area contributed by atoms with Gasteiger partial charge in [0.15, 0.2) is 0 Å². The molecule has 126 valence electrons. The number of non-ortho nitro benzene ring substituents is 1. The van der Waals surface area contributed by atoms with E-state index in [9.17, 15) is 19.7 Å². The number of nitro groups is 1. The largest absolute Gasteiger partial charge is 0.465 e. The first-order valence-corrected chi connectivity index (χ1v) is 8.59. The molecule has 7 nitrogen and oxygen atoms in total. The van der Waals surface area contributed by atoms with Crippen molar-refractivity contribution >= 4 is 56.5 Å². The fraction of sp³-hybridized carbons (Fsp3) is 0.200. The number of amides is 1. The second kappa shape index (κ2) is 7.26. The molecule has 0 aliphatic carbocycles. The third-order valence-electron chi connectivity index (χ3n) is 3.41. The average molecular weight is 460 g/mol. The zero-order valence-corrected chi connectivity index (χ0v) is 16.0. The molecule has 0 saturated carbocycles. The quantitative estimate of drug-likeness (QED) is 0.323. The normalized spacial score (nSPS) is 10.3. The van der Waals surface area contributed by atoms with Gasteiger partial charge in [0.05, 0.1) is 23.2 Å². The Morgan fingerprint density at radius 3 is 2.58 bits per heavy atom. The van der Waals surface area contributed by atoms with Gasteiger partial charge in [0.25, 0.3) is 11.6 Å². The van der Waals surface area contributed by atoms with Crippen molar-refractivity contribution in [3.63, 3.8) is 0 Å². The van der Waals surface area contributed by atoms with Gasteiger partial charge in [-0.15, -0.1) is 11.3 Å². The number of esters is 1. The maximum absolute atomic E-state index is 12.5. The standard InChI is InChI=1S/C15H13IN2O5S/c1-7-8(2)24-14(12(7)15(20)23-3)17-13(19)10-6-9(18(21)22)4-5-11(10)16/h4-6H,1-3H3,(H,17,19). The molecule has 1 aromatic heterocycles. The minimum absolute atomic E-state index is 0.171. The number of halogens is 1. The number of ether oxygens (including phenoxy) is 1. The average Bonchev–Trinajstić information content (AvgIpc) is 2.81. The van der Waals surface area contributed by atoms with Crippen molar-refractivity contribution in [1.29, 1.82) is 0 Å². The second-order valence-electron chi connectivity index (χ2n) is 4.85. The number of nitro benzene ring substituents is 1. The molecule has 1 N–H and O–H groups in total. The van der Waals surface area contributed by atoms with Crippen molar-refractivity contribution in [3.05, 3.63) is 53.5 Å². The molecule has 0 radical (unpaired) electrons. The van der Waals surface area contributed by atoms with Crippen LogP contribution in [-0.2, 0) is 4.74 Å². The van der Waals surface area contributed by atoms with Gasteiger partial charge in [-0.3, -0.25) is 14.9 Å². The van der Waals surface area contributed by atoms with Crippen molar-refractivity contribution in [2.45, 2.75) is 13.8 Å². The first-order chi connectivity index (χ1) is 11.3. The number of nitrogens with zero attached hydrogens (tertiary/aromatic N) is 1. The molecule has 0 spiro atoms. The Morgan fingerprint density at radius 2 is 2.00 bits per heavy atom. The maximum Gasteiger partial charge on any atom is 0.341 e. The van der Waals surface area contributed by atoms with E-state index in [4.69, 9.17) is 4.74 Å². The number of carbonyl (C=O) groups excluding carboxylic acids is 2. The van der Waals surface area contributed by atoms with E-state index in [1.807, 2.05) is 29.5 Å². The van der Waals surface area contributed by atoms with Crippen LogP contribution >= 0.6 is 33.9 Å². The third kappa shape index (κ3) is 3.56. The van der Waals surface area contributed by atoms with Crippen LogP contribution in [0.25, 0.3) is 0 Å². The van der Waals surface area contributed by atoms with Crippen molar-refractivity contribution in [1.82, 2.24) is 0 Å². The molecular weight excluding hydrogens is 447 g/mol. The molecular formula is C15H13IN2O5S. The minimum atomic E-state index is -0.563. The van der Waals surface area contributed by atoms with E-state index in [1.165, 1.54) is 36.6 Å². The first kappa shape index (κ1) is 18.3. The van der Waals surface area contributed by atoms with Gasteiger partial charge >= 0.3 is 5.97 Å². The Kier molecular flexibility index (Phi) is 5.54. The number of thiophene rings is 1. The summed E-state index contributed by atoms with van der Waals surface area (Å²) in [5.74, 6) is -1.06. The summed E-state index contributed by atoms with van der Waals surface area (Å²) in [7, 11) is 1.27. The molecule has 1 aromatic carbocycles. The molecule has 1 heterocycles. The van der Waals surface area contributed by atoms with Gasteiger partial charge in [0.1, 0.15) is 5.00 Å². The highest BCUT2D eigenvalue weighted by atomic mass is 127. The lowest BCUT2D eigenvalue weighted by molar-refractivity contribution is -0.384. The van der Waals surface area contributed by atoms with Crippen molar-refractivity contribution < 1.29 is 19.2 Å². The molecule has 0 aliphatic rings. The van der Waals surface area contributed by atoms with Crippen LogP contribution in [0, 0.1) is 27.5 Å². The lowest BCUT2D eigenvalue weighted by Gasteiger charge is -2.07. The monoisotopic (exact) mass is 460 g/mol. The van der Waals surface area contributed by atoms with Gasteiger partial charge in [-0.25, -0.2) is 4.79 Å². The predicted molar refractivity (Wildman–Crippen MR) is 98.9 cm³/mol. The maximum atomic E-state index is 12.5. The number of anilines is 1. The number of carbonyl (C=O) groups is 2. The number of methoxy groups -OCH3 is 1. The summed E-state index contributed by atoms with van der Waals surface area (Å²) < 4.78 is 5.33. The number of hydrogen-bond donors (Lipinski definition) is 1. The highest BCUT2D eigenvalue weighted by Gasteiger charge is 2.23. The lowest BCUT2D eigenvalue weighted by atomic mass is 10.1. The zero-order chi connectivity index (χ0) is 18.0. The molecule has 1 amide bonds. The summed E-state index contributed by atoms with van der Waals surface area (Å²) in [6.45, 7) is 3.60. The van der Waals surface area contributed by atoms with E-state index in [0.717, 1.165) is 10.4 Å². The number of benzene rings is 1. The Morgan fingerprint density at radius 1 is 1.33 bits per heavy atom. The smallest absolute Gasteiger partial charge is 0.341 e. The van der Waals surface area contributed by atoms with Gasteiger partial charge in [0.2, 0.25) is 0 Å². The summed E-state index contributed by atoms with van der Waals surface area (Å²) in [6.07, 6.45) is 0. The van der Waals surface area contributed by atoms with Crippen LogP contribution in [0.3, 0.4) is 0 Å². The summed E-state index contributed by atoms with van der Waals surface area (Å²) in [5, 5.41) is 13.9. The van der Waals surface area contributed by atoms with Gasteiger partial charge in [-0.2, -0.15) is 0 Å². The van der Waals surface area contributed by atoms with Gasteiger partial charge < -0.3 is 10.1 Å². The number of nitrogens with one attached hydrogen (secondary N) is 1. The van der Waals surface area contributed by atoms with E-state index >= 15 is 0 Å². The fourth-order valence-corrected chi connectivity index (χ4v) is 3.66. The van der Waals surface area contributed by atoms with Crippen LogP contribution in [0.2, 0.25) is 0 Å². The Hall–Kier alpha value is -2.01. The van der Waals surface area contributed by atoms with E-state index in [0.29, 0.717) is 14.1 Å². The summed E-state index contributed by atoms with van der Waals surface area (Å²) in [6, 6.07) is 4.04. The van der Waals surface area contributed by atoms with Gasteiger partial charge in [0, 0.05) is 20.6 Å². The molecule has 9 heteroatoms. The SMILES string of the molecule is COC(=O)c1c(NC(=O)c2cc([N+](=O)[O-])ccc2I)sc(C)c1C. The number of aryl methyl sites for hydroxylation is 1. The minimum Gasteiger partial charge on any atom is -0.465 e. The van der Waals surface area contributed by atoms with Crippen molar-refractivity contribution in [3.8, 4) is 0 Å².